The van der Waals surface area contributed by atoms with Crippen LogP contribution in [0.5, 0.6) is 0 Å². The number of carboxylic acids is 1. The molecule has 0 saturated heterocycles. The van der Waals surface area contributed by atoms with Crippen molar-refractivity contribution in [1.29, 1.82) is 0 Å². The summed E-state index contributed by atoms with van der Waals surface area (Å²) in [4.78, 5) is 25.9. The van der Waals surface area contributed by atoms with Crippen LogP contribution < -0.4 is 5.32 Å². The van der Waals surface area contributed by atoms with E-state index in [1.54, 1.807) is 12.3 Å². The van der Waals surface area contributed by atoms with Crippen LogP contribution in [0.2, 0.25) is 0 Å². The van der Waals surface area contributed by atoms with Gasteiger partial charge in [-0.3, -0.25) is 9.59 Å². The number of para-hydroxylation sites is 1. The molecule has 1 atom stereocenters. The van der Waals surface area contributed by atoms with E-state index in [9.17, 15) is 9.59 Å². The standard InChI is InChI=1S/C14H16N2O3/c1-2-10(8-12(17)18)16-14(19)11-5-3-4-9-6-7-15-13(9)11/h3-7,10,15H,2,8H2,1H3,(H,16,19)(H,17,18). The molecule has 1 heterocycles. The fourth-order valence-electron chi connectivity index (χ4n) is 2.05. The summed E-state index contributed by atoms with van der Waals surface area (Å²) in [7, 11) is 0. The first-order valence-electron chi connectivity index (χ1n) is 6.20. The van der Waals surface area contributed by atoms with Gasteiger partial charge in [-0.1, -0.05) is 19.1 Å². The van der Waals surface area contributed by atoms with Gasteiger partial charge in [0.1, 0.15) is 0 Å². The van der Waals surface area contributed by atoms with Crippen molar-refractivity contribution in [2.75, 3.05) is 0 Å². The van der Waals surface area contributed by atoms with Crippen molar-refractivity contribution in [2.45, 2.75) is 25.8 Å². The summed E-state index contributed by atoms with van der Waals surface area (Å²) >= 11 is 0. The SMILES string of the molecule is CCC(CC(=O)O)NC(=O)c1cccc2cc[nH]c12. The van der Waals surface area contributed by atoms with Crippen LogP contribution in [0.25, 0.3) is 10.9 Å². The van der Waals surface area contributed by atoms with Crippen molar-refractivity contribution in [3.8, 4) is 0 Å². The minimum absolute atomic E-state index is 0.0665. The zero-order valence-corrected chi connectivity index (χ0v) is 10.6. The lowest BCUT2D eigenvalue weighted by Crippen LogP contribution is -2.36. The molecule has 19 heavy (non-hydrogen) atoms. The number of hydrogen-bond donors (Lipinski definition) is 3. The average Bonchev–Trinajstić information content (AvgIpc) is 2.85. The number of carboxylic acid groups (broad SMARTS) is 1. The largest absolute Gasteiger partial charge is 0.481 e. The van der Waals surface area contributed by atoms with E-state index in [-0.39, 0.29) is 18.4 Å². The molecule has 1 aromatic carbocycles. The van der Waals surface area contributed by atoms with Crippen LogP contribution in [0.1, 0.15) is 30.1 Å². The quantitative estimate of drug-likeness (QED) is 0.770. The lowest BCUT2D eigenvalue weighted by atomic mass is 10.1. The van der Waals surface area contributed by atoms with Gasteiger partial charge in [-0.25, -0.2) is 0 Å². The van der Waals surface area contributed by atoms with Gasteiger partial charge < -0.3 is 15.4 Å². The number of amides is 1. The highest BCUT2D eigenvalue weighted by Crippen LogP contribution is 2.17. The Morgan fingerprint density at radius 1 is 1.37 bits per heavy atom. The molecule has 0 aliphatic heterocycles. The summed E-state index contributed by atoms with van der Waals surface area (Å²) in [5.41, 5.74) is 1.30. The molecule has 1 amide bonds. The molecular weight excluding hydrogens is 244 g/mol. The zero-order valence-electron chi connectivity index (χ0n) is 10.6. The summed E-state index contributed by atoms with van der Waals surface area (Å²) in [6.45, 7) is 1.85. The molecule has 0 fully saturated rings. The highest BCUT2D eigenvalue weighted by molar-refractivity contribution is 6.05. The molecule has 1 aromatic heterocycles. The maximum absolute atomic E-state index is 12.2. The summed E-state index contributed by atoms with van der Waals surface area (Å²) < 4.78 is 0. The Labute approximate surface area is 110 Å². The molecule has 0 aliphatic carbocycles. The van der Waals surface area contributed by atoms with E-state index in [1.165, 1.54) is 0 Å². The molecule has 100 valence electrons. The average molecular weight is 260 g/mol. The molecule has 5 heteroatoms. The minimum Gasteiger partial charge on any atom is -0.481 e. The third-order valence-electron chi connectivity index (χ3n) is 3.08. The van der Waals surface area contributed by atoms with Gasteiger partial charge in [0.15, 0.2) is 0 Å². The Morgan fingerprint density at radius 3 is 2.84 bits per heavy atom. The summed E-state index contributed by atoms with van der Waals surface area (Å²) in [5.74, 6) is -1.16. The molecule has 0 saturated carbocycles. The molecule has 1 unspecified atom stereocenters. The van der Waals surface area contributed by atoms with Gasteiger partial charge in [0.2, 0.25) is 0 Å². The lowest BCUT2D eigenvalue weighted by Gasteiger charge is -2.15. The maximum Gasteiger partial charge on any atom is 0.305 e. The minimum atomic E-state index is -0.912. The smallest absolute Gasteiger partial charge is 0.305 e. The van der Waals surface area contributed by atoms with Crippen LogP contribution in [0.3, 0.4) is 0 Å². The molecule has 3 N–H and O–H groups in total. The van der Waals surface area contributed by atoms with E-state index in [0.29, 0.717) is 12.0 Å². The van der Waals surface area contributed by atoms with Gasteiger partial charge in [-0.2, -0.15) is 0 Å². The van der Waals surface area contributed by atoms with Crippen molar-refractivity contribution in [2.24, 2.45) is 0 Å². The molecular formula is C14H16N2O3. The van der Waals surface area contributed by atoms with Gasteiger partial charge >= 0.3 is 5.97 Å². The van der Waals surface area contributed by atoms with Crippen LogP contribution in [0.15, 0.2) is 30.5 Å². The van der Waals surface area contributed by atoms with Crippen molar-refractivity contribution in [3.05, 3.63) is 36.0 Å². The number of nitrogens with one attached hydrogen (secondary N) is 2. The van der Waals surface area contributed by atoms with Crippen molar-refractivity contribution in [3.63, 3.8) is 0 Å². The van der Waals surface area contributed by atoms with E-state index >= 15 is 0 Å². The van der Waals surface area contributed by atoms with Gasteiger partial charge in [0.25, 0.3) is 5.91 Å². The van der Waals surface area contributed by atoms with Gasteiger partial charge in [0.05, 0.1) is 17.5 Å². The highest BCUT2D eigenvalue weighted by atomic mass is 16.4. The van der Waals surface area contributed by atoms with Gasteiger partial charge in [-0.15, -0.1) is 0 Å². The molecule has 2 aromatic rings. The molecule has 0 bridgehead atoms. The van der Waals surface area contributed by atoms with Crippen LogP contribution in [0, 0.1) is 0 Å². The Balaban J connectivity index is 2.19. The highest BCUT2D eigenvalue weighted by Gasteiger charge is 2.17. The van der Waals surface area contributed by atoms with Crippen LogP contribution in [0.4, 0.5) is 0 Å². The number of aliphatic carboxylic acids is 1. The summed E-state index contributed by atoms with van der Waals surface area (Å²) in [6.07, 6.45) is 2.29. The van der Waals surface area contributed by atoms with Crippen LogP contribution >= 0.6 is 0 Å². The first-order valence-corrected chi connectivity index (χ1v) is 6.20. The fourth-order valence-corrected chi connectivity index (χ4v) is 2.05. The number of aromatic nitrogens is 1. The number of rotatable bonds is 5. The normalized spacial score (nSPS) is 12.3. The summed E-state index contributed by atoms with van der Waals surface area (Å²) in [5, 5.41) is 12.5. The third kappa shape index (κ3) is 2.93. The first-order chi connectivity index (χ1) is 9.11. The van der Waals surface area contributed by atoms with E-state index in [4.69, 9.17) is 5.11 Å². The maximum atomic E-state index is 12.2. The Hall–Kier alpha value is -2.30. The second-order valence-corrected chi connectivity index (χ2v) is 4.42. The fraction of sp³-hybridized carbons (Fsp3) is 0.286. The predicted octanol–water partition coefficient (Wildman–Crippen LogP) is 2.15. The van der Waals surface area contributed by atoms with Crippen molar-refractivity contribution >= 4 is 22.8 Å². The number of benzene rings is 1. The number of fused-ring (bicyclic) bond motifs is 1. The zero-order chi connectivity index (χ0) is 13.8. The lowest BCUT2D eigenvalue weighted by molar-refractivity contribution is -0.137. The Morgan fingerprint density at radius 2 is 2.16 bits per heavy atom. The van der Waals surface area contributed by atoms with Crippen molar-refractivity contribution < 1.29 is 14.7 Å². The van der Waals surface area contributed by atoms with Crippen LogP contribution in [-0.2, 0) is 4.79 Å². The van der Waals surface area contributed by atoms with E-state index in [0.717, 1.165) is 10.9 Å². The molecule has 5 nitrogen and oxygen atoms in total. The number of hydrogen-bond acceptors (Lipinski definition) is 2. The van der Waals surface area contributed by atoms with E-state index in [2.05, 4.69) is 10.3 Å². The van der Waals surface area contributed by atoms with Crippen LogP contribution in [-0.4, -0.2) is 28.0 Å². The molecule has 0 aliphatic rings. The van der Waals surface area contributed by atoms with Gasteiger partial charge in [-0.05, 0) is 18.6 Å². The van der Waals surface area contributed by atoms with E-state index < -0.39 is 5.97 Å². The molecule has 2 rings (SSSR count). The molecule has 0 radical (unpaired) electrons. The Kier molecular flexibility index (Phi) is 3.85. The number of carbonyl (C=O) groups is 2. The number of aromatic amines is 1. The predicted molar refractivity (Wildman–Crippen MR) is 72.1 cm³/mol. The third-order valence-corrected chi connectivity index (χ3v) is 3.08. The number of H-pyrrole nitrogens is 1. The van der Waals surface area contributed by atoms with Crippen molar-refractivity contribution in [1.82, 2.24) is 10.3 Å². The Bertz CT molecular complexity index is 604. The molecule has 0 spiro atoms. The topological polar surface area (TPSA) is 82.2 Å². The van der Waals surface area contributed by atoms with E-state index in [1.807, 2.05) is 25.1 Å². The monoisotopic (exact) mass is 260 g/mol. The first kappa shape index (κ1) is 13.1. The van der Waals surface area contributed by atoms with Gasteiger partial charge in [0, 0.05) is 17.6 Å². The number of carbonyl (C=O) groups excluding carboxylic acids is 1. The second-order valence-electron chi connectivity index (χ2n) is 4.42. The summed E-state index contributed by atoms with van der Waals surface area (Å²) in [6, 6.07) is 6.98. The second kappa shape index (κ2) is 5.56.